The summed E-state index contributed by atoms with van der Waals surface area (Å²) < 4.78 is 29.2. The summed E-state index contributed by atoms with van der Waals surface area (Å²) in [5, 5.41) is 8.32. The number of nitrogens with zero attached hydrogens (tertiary/aromatic N) is 3. The van der Waals surface area contributed by atoms with Crippen molar-refractivity contribution < 1.29 is 13.6 Å². The molecule has 0 amide bonds. The summed E-state index contributed by atoms with van der Waals surface area (Å²) >= 11 is 0. The number of hydrogen-bond donors (Lipinski definition) is 0. The molecule has 1 saturated carbocycles. The second-order valence-electron chi connectivity index (χ2n) is 5.84. The van der Waals surface area contributed by atoms with Gasteiger partial charge in [0.25, 0.3) is 0 Å². The Morgan fingerprint density at radius 2 is 1.91 bits per heavy atom. The van der Waals surface area contributed by atoms with E-state index in [1.165, 1.54) is 19.1 Å². The van der Waals surface area contributed by atoms with Crippen molar-refractivity contribution in [3.05, 3.63) is 47.8 Å². The van der Waals surface area contributed by atoms with Crippen LogP contribution in [0.15, 0.2) is 30.5 Å². The summed E-state index contributed by atoms with van der Waals surface area (Å²) in [6.07, 6.45) is 3.55. The summed E-state index contributed by atoms with van der Waals surface area (Å²) in [6, 6.07) is 6.16. The van der Waals surface area contributed by atoms with Crippen LogP contribution in [-0.4, -0.2) is 20.5 Å². The summed E-state index contributed by atoms with van der Waals surface area (Å²) in [4.78, 5) is 11.5. The van der Waals surface area contributed by atoms with Crippen LogP contribution >= 0.6 is 0 Å². The van der Waals surface area contributed by atoms with E-state index in [4.69, 9.17) is 0 Å². The Morgan fingerprint density at radius 3 is 2.61 bits per heavy atom. The molecule has 6 heteroatoms. The van der Waals surface area contributed by atoms with Crippen LogP contribution in [0.3, 0.4) is 0 Å². The summed E-state index contributed by atoms with van der Waals surface area (Å²) in [6.45, 7) is 1.43. The highest BCUT2D eigenvalue weighted by Crippen LogP contribution is 2.42. The summed E-state index contributed by atoms with van der Waals surface area (Å²) in [5.41, 5.74) is 2.44. The van der Waals surface area contributed by atoms with Gasteiger partial charge in [-0.15, -0.1) is 5.10 Å². The monoisotopic (exact) mass is 313 g/mol. The van der Waals surface area contributed by atoms with Crippen LogP contribution < -0.4 is 0 Å². The lowest BCUT2D eigenvalue weighted by Gasteiger charge is -2.10. The molecule has 2 heterocycles. The van der Waals surface area contributed by atoms with Crippen molar-refractivity contribution in [1.29, 1.82) is 0 Å². The molecule has 3 aromatic rings. The number of hydrogen-bond acceptors (Lipinski definition) is 3. The van der Waals surface area contributed by atoms with E-state index in [-0.39, 0.29) is 17.5 Å². The predicted octanol–water partition coefficient (Wildman–Crippen LogP) is 3.91. The highest BCUT2D eigenvalue weighted by atomic mass is 19.2. The molecule has 1 aromatic carbocycles. The SMILES string of the molecule is CC(=O)c1cc(-c2cc3cc(F)c(F)cc3n2C2CC2)cnn1. The van der Waals surface area contributed by atoms with Crippen LogP contribution in [0, 0.1) is 11.6 Å². The molecule has 2 aromatic heterocycles. The molecule has 0 N–H and O–H groups in total. The van der Waals surface area contributed by atoms with Crippen LogP contribution in [0.25, 0.3) is 22.2 Å². The number of aromatic nitrogens is 3. The molecule has 0 atom stereocenters. The third-order valence-corrected chi connectivity index (χ3v) is 4.10. The minimum atomic E-state index is -0.866. The zero-order valence-electron chi connectivity index (χ0n) is 12.4. The molecule has 0 aliphatic heterocycles. The molecule has 0 radical (unpaired) electrons. The molecular formula is C17H13F2N3O. The Kier molecular flexibility index (Phi) is 3.01. The molecule has 0 unspecified atom stereocenters. The van der Waals surface area contributed by atoms with E-state index in [1.54, 1.807) is 18.3 Å². The second-order valence-corrected chi connectivity index (χ2v) is 5.84. The quantitative estimate of drug-likeness (QED) is 0.689. The van der Waals surface area contributed by atoms with Gasteiger partial charge >= 0.3 is 0 Å². The first kappa shape index (κ1) is 14.0. The molecule has 116 valence electrons. The van der Waals surface area contributed by atoms with E-state index in [0.717, 1.165) is 18.5 Å². The van der Waals surface area contributed by atoms with E-state index in [2.05, 4.69) is 10.2 Å². The fraction of sp³-hybridized carbons (Fsp3) is 0.235. The van der Waals surface area contributed by atoms with Crippen LogP contribution in [0.4, 0.5) is 8.78 Å². The average Bonchev–Trinajstić information content (AvgIpc) is 3.30. The normalized spacial score (nSPS) is 14.4. The fourth-order valence-corrected chi connectivity index (χ4v) is 2.85. The van der Waals surface area contributed by atoms with Crippen LogP contribution in [0.5, 0.6) is 0 Å². The highest BCUT2D eigenvalue weighted by molar-refractivity contribution is 5.94. The topological polar surface area (TPSA) is 47.8 Å². The zero-order valence-corrected chi connectivity index (χ0v) is 12.4. The van der Waals surface area contributed by atoms with E-state index in [9.17, 15) is 13.6 Å². The highest BCUT2D eigenvalue weighted by Gasteiger charge is 2.28. The van der Waals surface area contributed by atoms with Gasteiger partial charge in [-0.2, -0.15) is 5.10 Å². The Balaban J connectivity index is 1.98. The smallest absolute Gasteiger partial charge is 0.180 e. The van der Waals surface area contributed by atoms with Gasteiger partial charge in [-0.1, -0.05) is 0 Å². The number of carbonyl (C=O) groups is 1. The minimum absolute atomic E-state index is 0.175. The van der Waals surface area contributed by atoms with E-state index in [0.29, 0.717) is 16.5 Å². The van der Waals surface area contributed by atoms with E-state index < -0.39 is 11.6 Å². The van der Waals surface area contributed by atoms with Crippen molar-refractivity contribution >= 4 is 16.7 Å². The molecule has 0 saturated heterocycles. The Hall–Kier alpha value is -2.63. The number of halogens is 2. The molecule has 0 bridgehead atoms. The lowest BCUT2D eigenvalue weighted by atomic mass is 10.1. The molecule has 0 spiro atoms. The van der Waals surface area contributed by atoms with Crippen molar-refractivity contribution in [2.24, 2.45) is 0 Å². The second kappa shape index (κ2) is 4.94. The van der Waals surface area contributed by atoms with Crippen molar-refractivity contribution in [3.63, 3.8) is 0 Å². The molecular weight excluding hydrogens is 300 g/mol. The third kappa shape index (κ3) is 2.30. The maximum atomic E-state index is 13.6. The molecule has 1 aliphatic carbocycles. The van der Waals surface area contributed by atoms with Gasteiger partial charge in [-0.25, -0.2) is 8.78 Å². The van der Waals surface area contributed by atoms with Gasteiger partial charge < -0.3 is 4.57 Å². The summed E-state index contributed by atoms with van der Waals surface area (Å²) in [7, 11) is 0. The molecule has 4 nitrogen and oxygen atoms in total. The van der Waals surface area contributed by atoms with Gasteiger partial charge in [0.15, 0.2) is 17.4 Å². The zero-order chi connectivity index (χ0) is 16.1. The Labute approximate surface area is 130 Å². The number of ketones is 1. The number of carbonyl (C=O) groups excluding carboxylic acids is 1. The molecule has 1 fully saturated rings. The van der Waals surface area contributed by atoms with Gasteiger partial charge in [0.1, 0.15) is 5.69 Å². The van der Waals surface area contributed by atoms with Crippen molar-refractivity contribution in [3.8, 4) is 11.3 Å². The van der Waals surface area contributed by atoms with Gasteiger partial charge in [0.05, 0.1) is 17.4 Å². The van der Waals surface area contributed by atoms with Crippen molar-refractivity contribution in [1.82, 2.24) is 14.8 Å². The standard InChI is InChI=1S/C17H13F2N3O/c1-9(23)15-5-11(8-20-21-15)16-6-10-4-13(18)14(19)7-17(10)22(16)12-2-3-12/h4-8,12H,2-3H2,1H3. The van der Waals surface area contributed by atoms with Gasteiger partial charge in [0.2, 0.25) is 0 Å². The number of benzene rings is 1. The van der Waals surface area contributed by atoms with Crippen LogP contribution in [-0.2, 0) is 0 Å². The van der Waals surface area contributed by atoms with Crippen LogP contribution in [0.1, 0.15) is 36.3 Å². The molecule has 1 aliphatic rings. The number of rotatable bonds is 3. The van der Waals surface area contributed by atoms with Gasteiger partial charge in [-0.05, 0) is 31.0 Å². The average molecular weight is 313 g/mol. The number of Topliss-reactive ketones (excluding diaryl/α,β-unsaturated/α-hetero) is 1. The maximum absolute atomic E-state index is 13.6. The van der Waals surface area contributed by atoms with Crippen molar-refractivity contribution in [2.75, 3.05) is 0 Å². The predicted molar refractivity (Wildman–Crippen MR) is 81.2 cm³/mol. The third-order valence-electron chi connectivity index (χ3n) is 4.10. The summed E-state index contributed by atoms with van der Waals surface area (Å²) in [5.74, 6) is -1.90. The lowest BCUT2D eigenvalue weighted by Crippen LogP contribution is -2.02. The fourth-order valence-electron chi connectivity index (χ4n) is 2.85. The van der Waals surface area contributed by atoms with Crippen molar-refractivity contribution in [2.45, 2.75) is 25.8 Å². The first-order chi connectivity index (χ1) is 11.0. The first-order valence-electron chi connectivity index (χ1n) is 7.38. The maximum Gasteiger partial charge on any atom is 0.180 e. The lowest BCUT2D eigenvalue weighted by molar-refractivity contribution is 0.101. The Bertz CT molecular complexity index is 944. The Morgan fingerprint density at radius 1 is 1.17 bits per heavy atom. The van der Waals surface area contributed by atoms with E-state index >= 15 is 0 Å². The first-order valence-corrected chi connectivity index (χ1v) is 7.38. The van der Waals surface area contributed by atoms with Gasteiger partial charge in [0, 0.05) is 30.0 Å². The number of fused-ring (bicyclic) bond motifs is 1. The molecule has 4 rings (SSSR count). The minimum Gasteiger partial charge on any atom is -0.337 e. The largest absolute Gasteiger partial charge is 0.337 e. The van der Waals surface area contributed by atoms with Crippen LogP contribution in [0.2, 0.25) is 0 Å². The van der Waals surface area contributed by atoms with E-state index in [1.807, 2.05) is 4.57 Å². The molecule has 23 heavy (non-hydrogen) atoms. The van der Waals surface area contributed by atoms with Gasteiger partial charge in [-0.3, -0.25) is 4.79 Å².